The summed E-state index contributed by atoms with van der Waals surface area (Å²) in [6.07, 6.45) is -7.84. The Balaban J connectivity index is 2.71. The smallest absolute Gasteiger partial charge is 0.428 e. The van der Waals surface area contributed by atoms with E-state index in [2.05, 4.69) is 4.74 Å². The molecule has 4 N–H and O–H groups in total. The van der Waals surface area contributed by atoms with Crippen molar-refractivity contribution in [2.75, 3.05) is 6.54 Å². The van der Waals surface area contributed by atoms with Crippen LogP contribution in [0.25, 0.3) is 0 Å². The van der Waals surface area contributed by atoms with Gasteiger partial charge in [0, 0.05) is 6.04 Å². The van der Waals surface area contributed by atoms with Gasteiger partial charge >= 0.3 is 12.5 Å². The van der Waals surface area contributed by atoms with Crippen LogP contribution in [0.3, 0.4) is 0 Å². The molecular weight excluding hydrogens is 252 g/mol. The van der Waals surface area contributed by atoms with E-state index >= 15 is 0 Å². The van der Waals surface area contributed by atoms with Gasteiger partial charge in [-0.3, -0.25) is 0 Å². The molecule has 0 bridgehead atoms. The van der Waals surface area contributed by atoms with Crippen LogP contribution in [0.2, 0.25) is 0 Å². The van der Waals surface area contributed by atoms with Gasteiger partial charge in [0.2, 0.25) is 0 Å². The first-order chi connectivity index (χ1) is 8.36. The lowest BCUT2D eigenvalue weighted by molar-refractivity contribution is -0.253. The maximum atomic E-state index is 12.6. The minimum atomic E-state index is -4.50. The molecule has 7 heteroatoms. The van der Waals surface area contributed by atoms with E-state index in [1.54, 1.807) is 0 Å². The largest absolute Gasteiger partial charge is 0.461 e. The van der Waals surface area contributed by atoms with E-state index < -0.39 is 12.5 Å². The summed E-state index contributed by atoms with van der Waals surface area (Å²) >= 11 is 0. The van der Waals surface area contributed by atoms with Crippen LogP contribution in [0.4, 0.5) is 17.6 Å². The van der Waals surface area contributed by atoms with Crippen molar-refractivity contribution in [2.45, 2.75) is 25.0 Å². The van der Waals surface area contributed by atoms with Gasteiger partial charge in [0.1, 0.15) is 5.75 Å². The molecule has 0 fully saturated rings. The molecule has 102 valence electrons. The normalized spacial score (nSPS) is 13.7. The number of benzene rings is 1. The fraction of sp³-hybridized carbons (Fsp3) is 0.455. The molecule has 0 amide bonds. The minimum absolute atomic E-state index is 0.320. The van der Waals surface area contributed by atoms with Crippen LogP contribution in [-0.4, -0.2) is 19.1 Å². The fourth-order valence-electron chi connectivity index (χ4n) is 1.33. The van der Waals surface area contributed by atoms with Crippen molar-refractivity contribution < 1.29 is 22.3 Å². The molecule has 0 saturated heterocycles. The quantitative estimate of drug-likeness (QED) is 0.776. The Hall–Kier alpha value is -1.34. The Labute approximate surface area is 102 Å². The summed E-state index contributed by atoms with van der Waals surface area (Å²) in [7, 11) is 0. The number of nitrogens with two attached hydrogens (primary N) is 2. The Morgan fingerprint density at radius 1 is 1.17 bits per heavy atom. The molecule has 3 nitrogen and oxygen atoms in total. The molecule has 0 aliphatic rings. The summed E-state index contributed by atoms with van der Waals surface area (Å²) in [4.78, 5) is 0. The predicted octanol–water partition coefficient (Wildman–Crippen LogP) is 2.27. The number of halogens is 4. The van der Waals surface area contributed by atoms with E-state index in [9.17, 15) is 17.6 Å². The fourth-order valence-corrected chi connectivity index (χ4v) is 1.33. The van der Waals surface area contributed by atoms with Crippen LogP contribution in [0.15, 0.2) is 24.3 Å². The van der Waals surface area contributed by atoms with E-state index in [-0.39, 0.29) is 11.8 Å². The van der Waals surface area contributed by atoms with Gasteiger partial charge in [0.15, 0.2) is 0 Å². The second kappa shape index (κ2) is 6.01. The average Bonchev–Trinajstić information content (AvgIpc) is 2.29. The van der Waals surface area contributed by atoms with E-state index in [0.29, 0.717) is 18.5 Å². The lowest BCUT2D eigenvalue weighted by Gasteiger charge is -2.17. The second-order valence-electron chi connectivity index (χ2n) is 3.72. The van der Waals surface area contributed by atoms with Crippen LogP contribution in [-0.2, 0) is 0 Å². The summed E-state index contributed by atoms with van der Waals surface area (Å²) in [5.41, 5.74) is 11.7. The van der Waals surface area contributed by atoms with Gasteiger partial charge in [-0.1, -0.05) is 12.1 Å². The number of ether oxygens (including phenoxy) is 1. The zero-order valence-electron chi connectivity index (χ0n) is 9.45. The zero-order valence-corrected chi connectivity index (χ0v) is 9.45. The molecule has 0 spiro atoms. The van der Waals surface area contributed by atoms with E-state index in [4.69, 9.17) is 11.5 Å². The first-order valence-corrected chi connectivity index (χ1v) is 5.27. The van der Waals surface area contributed by atoms with Crippen LogP contribution >= 0.6 is 0 Å². The van der Waals surface area contributed by atoms with E-state index in [0.717, 1.165) is 0 Å². The maximum absolute atomic E-state index is 12.6. The van der Waals surface area contributed by atoms with Crippen LogP contribution in [0.1, 0.15) is 18.0 Å². The van der Waals surface area contributed by atoms with E-state index in [1.807, 2.05) is 0 Å². The van der Waals surface area contributed by atoms with Gasteiger partial charge in [0.05, 0.1) is 0 Å². The van der Waals surface area contributed by atoms with Crippen molar-refractivity contribution in [1.82, 2.24) is 0 Å². The average molecular weight is 266 g/mol. The Morgan fingerprint density at radius 3 is 2.17 bits per heavy atom. The molecule has 0 aliphatic carbocycles. The van der Waals surface area contributed by atoms with Crippen molar-refractivity contribution in [3.05, 3.63) is 29.8 Å². The SMILES string of the molecule is NCC[C@H](N)c1ccc(OC(F)(F)C(F)F)cc1. The third-order valence-corrected chi connectivity index (χ3v) is 2.29. The third kappa shape index (κ3) is 3.85. The molecule has 0 aromatic heterocycles. The second-order valence-corrected chi connectivity index (χ2v) is 3.72. The summed E-state index contributed by atoms with van der Waals surface area (Å²) in [6, 6.07) is 4.90. The highest BCUT2D eigenvalue weighted by atomic mass is 19.3. The molecule has 0 radical (unpaired) electrons. The minimum Gasteiger partial charge on any atom is -0.428 e. The molecule has 1 atom stereocenters. The summed E-state index contributed by atoms with van der Waals surface area (Å²) < 4.78 is 52.9. The van der Waals surface area contributed by atoms with Crippen molar-refractivity contribution in [3.8, 4) is 5.75 Å². The summed E-state index contributed by atoms with van der Waals surface area (Å²) in [5.74, 6) is -0.344. The van der Waals surface area contributed by atoms with Gasteiger partial charge in [0.25, 0.3) is 0 Å². The first-order valence-electron chi connectivity index (χ1n) is 5.27. The topological polar surface area (TPSA) is 61.3 Å². The highest BCUT2D eigenvalue weighted by molar-refractivity contribution is 5.29. The molecule has 0 heterocycles. The molecule has 0 aliphatic heterocycles. The van der Waals surface area contributed by atoms with Crippen molar-refractivity contribution in [1.29, 1.82) is 0 Å². The molecule has 0 unspecified atom stereocenters. The molecule has 1 aromatic carbocycles. The highest BCUT2D eigenvalue weighted by Crippen LogP contribution is 2.28. The third-order valence-electron chi connectivity index (χ3n) is 2.29. The van der Waals surface area contributed by atoms with Crippen molar-refractivity contribution in [2.24, 2.45) is 11.5 Å². The summed E-state index contributed by atoms with van der Waals surface area (Å²) in [5, 5.41) is 0. The van der Waals surface area contributed by atoms with Gasteiger partial charge in [-0.05, 0) is 30.7 Å². The molecular formula is C11H14F4N2O. The Morgan fingerprint density at radius 2 is 1.72 bits per heavy atom. The lowest BCUT2D eigenvalue weighted by atomic mass is 10.0. The van der Waals surface area contributed by atoms with Crippen molar-refractivity contribution in [3.63, 3.8) is 0 Å². The predicted molar refractivity (Wildman–Crippen MR) is 58.6 cm³/mol. The standard InChI is InChI=1S/C11H14F4N2O/c12-10(13)11(14,15)18-8-3-1-7(2-4-8)9(17)5-6-16/h1-4,9-10H,5-6,16-17H2/t9-/m0/s1. The van der Waals surface area contributed by atoms with Gasteiger partial charge in [-0.25, -0.2) is 0 Å². The van der Waals surface area contributed by atoms with Crippen LogP contribution < -0.4 is 16.2 Å². The maximum Gasteiger partial charge on any atom is 0.461 e. The zero-order chi connectivity index (χ0) is 13.8. The number of hydrogen-bond donors (Lipinski definition) is 2. The van der Waals surface area contributed by atoms with E-state index in [1.165, 1.54) is 24.3 Å². The van der Waals surface area contributed by atoms with Gasteiger partial charge in [-0.15, -0.1) is 0 Å². The molecule has 18 heavy (non-hydrogen) atoms. The van der Waals surface area contributed by atoms with Crippen LogP contribution in [0.5, 0.6) is 5.75 Å². The highest BCUT2D eigenvalue weighted by Gasteiger charge is 2.43. The summed E-state index contributed by atoms with van der Waals surface area (Å²) in [6.45, 7) is 0.392. The number of hydrogen-bond acceptors (Lipinski definition) is 3. The Bertz CT molecular complexity index is 370. The molecule has 0 saturated carbocycles. The van der Waals surface area contributed by atoms with Gasteiger partial charge in [-0.2, -0.15) is 17.6 Å². The molecule has 1 aromatic rings. The molecule has 1 rings (SSSR count). The van der Waals surface area contributed by atoms with Crippen LogP contribution in [0, 0.1) is 0 Å². The Kier molecular flexibility index (Phi) is 4.92. The monoisotopic (exact) mass is 266 g/mol. The lowest BCUT2D eigenvalue weighted by Crippen LogP contribution is -2.33. The van der Waals surface area contributed by atoms with Gasteiger partial charge < -0.3 is 16.2 Å². The first kappa shape index (κ1) is 14.7. The number of rotatable bonds is 6. The van der Waals surface area contributed by atoms with Crippen molar-refractivity contribution >= 4 is 0 Å². The number of alkyl halides is 4.